The number of aryl methyl sites for hydroxylation is 2. The first-order valence-corrected chi connectivity index (χ1v) is 12.5. The smallest absolute Gasteiger partial charge is 0.290 e. The average Bonchev–Trinajstić information content (AvgIpc) is 3.10. The van der Waals surface area contributed by atoms with E-state index < -0.39 is 6.04 Å². The van der Waals surface area contributed by atoms with Gasteiger partial charge in [-0.05, 0) is 81.5 Å². The van der Waals surface area contributed by atoms with Gasteiger partial charge in [-0.25, -0.2) is 0 Å². The van der Waals surface area contributed by atoms with Gasteiger partial charge >= 0.3 is 0 Å². The predicted molar refractivity (Wildman–Crippen MR) is 137 cm³/mol. The monoisotopic (exact) mass is 477 g/mol. The van der Waals surface area contributed by atoms with Crippen molar-refractivity contribution in [2.24, 2.45) is 0 Å². The summed E-state index contributed by atoms with van der Waals surface area (Å²) in [5.74, 6) is 0.610. The van der Waals surface area contributed by atoms with E-state index in [1.807, 2.05) is 64.1 Å². The molecule has 0 aliphatic carbocycles. The molecule has 0 spiro atoms. The van der Waals surface area contributed by atoms with E-state index in [1.165, 1.54) is 0 Å². The van der Waals surface area contributed by atoms with Crippen molar-refractivity contribution < 1.29 is 18.7 Å². The number of carbonyl (C=O) groups excluding carboxylic acids is 1. The molecule has 0 saturated heterocycles. The van der Waals surface area contributed by atoms with Crippen LogP contribution in [0.1, 0.15) is 78.9 Å². The first kappa shape index (κ1) is 25.0. The van der Waals surface area contributed by atoms with Gasteiger partial charge in [0.1, 0.15) is 11.3 Å². The molecule has 186 valence electrons. The molecule has 1 atom stereocenters. The van der Waals surface area contributed by atoms with Gasteiger partial charge in [-0.1, -0.05) is 25.5 Å². The van der Waals surface area contributed by atoms with Crippen LogP contribution in [0.2, 0.25) is 0 Å². The lowest BCUT2D eigenvalue weighted by Crippen LogP contribution is -2.31. The summed E-state index contributed by atoms with van der Waals surface area (Å²) in [4.78, 5) is 29.1. The van der Waals surface area contributed by atoms with Gasteiger partial charge < -0.3 is 18.8 Å². The SMILES string of the molecule is CCCCOc1cccc(C2c3c(oc4cc(C)c(C)cc4c3=O)C(=O)N2CCCOC(C)C)c1. The molecular weight excluding hydrogens is 442 g/mol. The highest BCUT2D eigenvalue weighted by molar-refractivity contribution is 5.99. The van der Waals surface area contributed by atoms with Crippen molar-refractivity contribution in [1.82, 2.24) is 4.90 Å². The zero-order valence-corrected chi connectivity index (χ0v) is 21.3. The van der Waals surface area contributed by atoms with Crippen LogP contribution in [-0.4, -0.2) is 36.7 Å². The number of carbonyl (C=O) groups is 1. The molecule has 1 unspecified atom stereocenters. The zero-order valence-electron chi connectivity index (χ0n) is 21.3. The van der Waals surface area contributed by atoms with Crippen molar-refractivity contribution in [1.29, 1.82) is 0 Å². The van der Waals surface area contributed by atoms with Gasteiger partial charge in [-0.3, -0.25) is 9.59 Å². The molecule has 2 aromatic carbocycles. The molecule has 4 rings (SSSR count). The van der Waals surface area contributed by atoms with E-state index in [-0.39, 0.29) is 23.2 Å². The number of fused-ring (bicyclic) bond motifs is 2. The van der Waals surface area contributed by atoms with E-state index in [0.29, 0.717) is 42.7 Å². The van der Waals surface area contributed by atoms with E-state index in [4.69, 9.17) is 13.9 Å². The number of nitrogens with zero attached hydrogens (tertiary/aromatic N) is 1. The van der Waals surface area contributed by atoms with E-state index in [0.717, 1.165) is 35.3 Å². The van der Waals surface area contributed by atoms with Crippen LogP contribution in [0.5, 0.6) is 5.75 Å². The maximum atomic E-state index is 13.8. The Bertz CT molecular complexity index is 1280. The maximum absolute atomic E-state index is 13.8. The molecule has 0 radical (unpaired) electrons. The molecular formula is C29H35NO5. The minimum absolute atomic E-state index is 0.120. The van der Waals surface area contributed by atoms with E-state index >= 15 is 0 Å². The van der Waals surface area contributed by atoms with Crippen LogP contribution in [0.3, 0.4) is 0 Å². The second-order valence-electron chi connectivity index (χ2n) is 9.56. The molecule has 0 fully saturated rings. The van der Waals surface area contributed by atoms with Gasteiger partial charge in [0.15, 0.2) is 5.43 Å². The van der Waals surface area contributed by atoms with Crippen molar-refractivity contribution >= 4 is 16.9 Å². The summed E-state index contributed by atoms with van der Waals surface area (Å²) in [5, 5.41) is 0.505. The summed E-state index contributed by atoms with van der Waals surface area (Å²) in [7, 11) is 0. The van der Waals surface area contributed by atoms with Crippen molar-refractivity contribution in [3.63, 3.8) is 0 Å². The van der Waals surface area contributed by atoms with Crippen LogP contribution in [-0.2, 0) is 4.74 Å². The standard InChI is InChI=1S/C29H35NO5/c1-6-7-13-34-22-11-8-10-21(17-22)26-25-27(31)23-15-19(4)20(5)16-24(23)35-28(25)29(32)30(26)12-9-14-33-18(2)3/h8,10-11,15-18,26H,6-7,9,12-14H2,1-5H3. The third-order valence-corrected chi connectivity index (χ3v) is 6.52. The lowest BCUT2D eigenvalue weighted by molar-refractivity contribution is 0.0593. The van der Waals surface area contributed by atoms with Gasteiger partial charge in [0.25, 0.3) is 5.91 Å². The van der Waals surface area contributed by atoms with Crippen LogP contribution >= 0.6 is 0 Å². The van der Waals surface area contributed by atoms with E-state index in [1.54, 1.807) is 4.90 Å². The molecule has 6 heteroatoms. The number of rotatable bonds is 10. The zero-order chi connectivity index (χ0) is 25.1. The lowest BCUT2D eigenvalue weighted by Gasteiger charge is -2.25. The molecule has 1 amide bonds. The number of hydrogen-bond acceptors (Lipinski definition) is 5. The number of amides is 1. The summed E-state index contributed by atoms with van der Waals surface area (Å²) in [6.45, 7) is 11.7. The van der Waals surface area contributed by atoms with Gasteiger partial charge in [-0.2, -0.15) is 0 Å². The predicted octanol–water partition coefficient (Wildman–Crippen LogP) is 5.95. The Labute approximate surface area is 206 Å². The first-order chi connectivity index (χ1) is 16.8. The Morgan fingerprint density at radius 2 is 1.80 bits per heavy atom. The number of benzene rings is 2. The molecule has 1 aliphatic heterocycles. The molecule has 6 nitrogen and oxygen atoms in total. The molecule has 2 heterocycles. The Balaban J connectivity index is 1.79. The summed E-state index contributed by atoms with van der Waals surface area (Å²) < 4.78 is 17.7. The molecule has 1 aliphatic rings. The third kappa shape index (κ3) is 5.13. The molecule has 0 bridgehead atoms. The summed E-state index contributed by atoms with van der Waals surface area (Å²) in [5.41, 5.74) is 3.57. The Morgan fingerprint density at radius 3 is 2.54 bits per heavy atom. The summed E-state index contributed by atoms with van der Waals surface area (Å²) in [6, 6.07) is 10.9. The Kier molecular flexibility index (Phi) is 7.60. The third-order valence-electron chi connectivity index (χ3n) is 6.52. The van der Waals surface area contributed by atoms with Gasteiger partial charge in [-0.15, -0.1) is 0 Å². The highest BCUT2D eigenvalue weighted by Crippen LogP contribution is 2.39. The van der Waals surface area contributed by atoms with Gasteiger partial charge in [0, 0.05) is 13.2 Å². The largest absolute Gasteiger partial charge is 0.494 e. The average molecular weight is 478 g/mol. The highest BCUT2D eigenvalue weighted by Gasteiger charge is 2.42. The van der Waals surface area contributed by atoms with Crippen LogP contribution in [0.15, 0.2) is 45.6 Å². The Hall–Kier alpha value is -3.12. The van der Waals surface area contributed by atoms with E-state index in [9.17, 15) is 9.59 Å². The number of unbranched alkanes of at least 4 members (excludes halogenated alkanes) is 1. The van der Waals surface area contributed by atoms with Gasteiger partial charge in [0.2, 0.25) is 5.76 Å². The van der Waals surface area contributed by atoms with Crippen molar-refractivity contribution in [2.75, 3.05) is 19.8 Å². The van der Waals surface area contributed by atoms with Crippen LogP contribution in [0.25, 0.3) is 11.0 Å². The number of ether oxygens (including phenoxy) is 2. The van der Waals surface area contributed by atoms with E-state index in [2.05, 4.69) is 6.92 Å². The molecule has 0 N–H and O–H groups in total. The second kappa shape index (κ2) is 10.6. The Morgan fingerprint density at radius 1 is 1.03 bits per heavy atom. The quantitative estimate of drug-likeness (QED) is 0.338. The minimum atomic E-state index is -0.534. The fraction of sp³-hybridized carbons (Fsp3) is 0.448. The highest BCUT2D eigenvalue weighted by atomic mass is 16.5. The van der Waals surface area contributed by atoms with Crippen molar-refractivity contribution in [3.05, 3.63) is 74.6 Å². The molecule has 0 saturated carbocycles. The molecule has 3 aromatic rings. The molecule has 1 aromatic heterocycles. The van der Waals surface area contributed by atoms with Crippen LogP contribution in [0.4, 0.5) is 0 Å². The number of hydrogen-bond donors (Lipinski definition) is 0. The fourth-order valence-corrected chi connectivity index (χ4v) is 4.52. The second-order valence-corrected chi connectivity index (χ2v) is 9.56. The van der Waals surface area contributed by atoms with Crippen LogP contribution < -0.4 is 10.2 Å². The maximum Gasteiger partial charge on any atom is 0.290 e. The lowest BCUT2D eigenvalue weighted by atomic mass is 9.97. The fourth-order valence-electron chi connectivity index (χ4n) is 4.52. The topological polar surface area (TPSA) is 69.0 Å². The normalized spacial score (nSPS) is 15.3. The van der Waals surface area contributed by atoms with Gasteiger partial charge in [0.05, 0.1) is 29.7 Å². The summed E-state index contributed by atoms with van der Waals surface area (Å²) >= 11 is 0. The summed E-state index contributed by atoms with van der Waals surface area (Å²) in [6.07, 6.45) is 2.79. The minimum Gasteiger partial charge on any atom is -0.494 e. The first-order valence-electron chi connectivity index (χ1n) is 12.5. The van der Waals surface area contributed by atoms with Crippen LogP contribution in [0, 0.1) is 13.8 Å². The van der Waals surface area contributed by atoms with Crippen molar-refractivity contribution in [2.45, 2.75) is 66.0 Å². The molecule has 35 heavy (non-hydrogen) atoms. The van der Waals surface area contributed by atoms with Crippen molar-refractivity contribution in [3.8, 4) is 5.75 Å².